The van der Waals surface area contributed by atoms with Crippen LogP contribution in [0, 0.1) is 0 Å². The van der Waals surface area contributed by atoms with Crippen LogP contribution in [0.25, 0.3) is 6.08 Å². The zero-order chi connectivity index (χ0) is 22.2. The molecule has 0 heterocycles. The van der Waals surface area contributed by atoms with Crippen molar-refractivity contribution in [1.29, 1.82) is 0 Å². The Balaban J connectivity index is 1.60. The molecule has 0 spiro atoms. The van der Waals surface area contributed by atoms with Crippen molar-refractivity contribution in [1.82, 2.24) is 10.9 Å². The van der Waals surface area contributed by atoms with E-state index >= 15 is 0 Å². The van der Waals surface area contributed by atoms with Crippen molar-refractivity contribution in [3.05, 3.63) is 105 Å². The molecule has 31 heavy (non-hydrogen) atoms. The number of ether oxygens (including phenoxy) is 1. The Morgan fingerprint density at radius 2 is 1.32 bits per heavy atom. The van der Waals surface area contributed by atoms with Crippen molar-refractivity contribution in [2.45, 2.75) is 0 Å². The molecule has 0 saturated heterocycles. The number of carbonyl (C=O) groups excluding carboxylic acids is 3. The Morgan fingerprint density at radius 1 is 0.742 bits per heavy atom. The van der Waals surface area contributed by atoms with Crippen LogP contribution in [0.5, 0.6) is 5.75 Å². The second-order valence-electron chi connectivity index (χ2n) is 6.22. The minimum Gasteiger partial charge on any atom is -0.422 e. The summed E-state index contributed by atoms with van der Waals surface area (Å²) in [5.74, 6) is -1.20. The van der Waals surface area contributed by atoms with Crippen LogP contribution < -0.4 is 15.6 Å². The standard InChI is InChI=1S/C23H16Br2N2O4/c24-18-10-5-16(6-11-18)22(29)27-26-21(28)14-9-15-3-1-2-4-20(15)31-23(30)17-7-12-19(25)13-8-17/h1-14H,(H,26,28)(H,27,29)/b14-9+. The molecule has 3 rings (SSSR count). The third-order valence-electron chi connectivity index (χ3n) is 4.02. The summed E-state index contributed by atoms with van der Waals surface area (Å²) in [5, 5.41) is 0. The molecule has 0 bridgehead atoms. The fraction of sp³-hybridized carbons (Fsp3) is 0. The number of halogens is 2. The summed E-state index contributed by atoms with van der Waals surface area (Å²) in [6.45, 7) is 0. The van der Waals surface area contributed by atoms with Gasteiger partial charge >= 0.3 is 5.97 Å². The van der Waals surface area contributed by atoms with Gasteiger partial charge in [0.15, 0.2) is 0 Å². The molecule has 0 fully saturated rings. The molecule has 0 aromatic heterocycles. The van der Waals surface area contributed by atoms with Gasteiger partial charge in [-0.05, 0) is 60.7 Å². The molecule has 3 aromatic rings. The fourth-order valence-electron chi connectivity index (χ4n) is 2.45. The Morgan fingerprint density at radius 3 is 1.97 bits per heavy atom. The Kier molecular flexibility index (Phi) is 7.75. The highest BCUT2D eigenvalue weighted by molar-refractivity contribution is 9.10. The largest absolute Gasteiger partial charge is 0.422 e. The highest BCUT2D eigenvalue weighted by atomic mass is 79.9. The molecule has 3 aromatic carbocycles. The molecule has 0 saturated carbocycles. The third kappa shape index (κ3) is 6.63. The molecule has 8 heteroatoms. The first-order valence-corrected chi connectivity index (χ1v) is 10.6. The number of nitrogens with one attached hydrogen (secondary N) is 2. The predicted molar refractivity (Wildman–Crippen MR) is 124 cm³/mol. The molecule has 0 aliphatic carbocycles. The second kappa shape index (κ2) is 10.7. The van der Waals surface area contributed by atoms with E-state index < -0.39 is 17.8 Å². The summed E-state index contributed by atoms with van der Waals surface area (Å²) in [7, 11) is 0. The fourth-order valence-corrected chi connectivity index (χ4v) is 2.98. The quantitative estimate of drug-likeness (QED) is 0.207. The lowest BCUT2D eigenvalue weighted by atomic mass is 10.2. The van der Waals surface area contributed by atoms with E-state index in [0.29, 0.717) is 22.4 Å². The van der Waals surface area contributed by atoms with Gasteiger partial charge in [0.2, 0.25) is 0 Å². The normalized spacial score (nSPS) is 10.5. The number of rotatable bonds is 5. The number of amides is 2. The monoisotopic (exact) mass is 542 g/mol. The summed E-state index contributed by atoms with van der Waals surface area (Å²) in [5.41, 5.74) is 5.97. The summed E-state index contributed by atoms with van der Waals surface area (Å²) < 4.78 is 7.15. The minimum absolute atomic E-state index is 0.304. The lowest BCUT2D eigenvalue weighted by Crippen LogP contribution is -2.40. The molecule has 0 radical (unpaired) electrons. The van der Waals surface area contributed by atoms with Gasteiger partial charge < -0.3 is 4.74 Å². The summed E-state index contributed by atoms with van der Waals surface area (Å²) in [6, 6.07) is 20.3. The molecule has 0 unspecified atom stereocenters. The van der Waals surface area contributed by atoms with Crippen LogP contribution in [0.15, 0.2) is 87.8 Å². The first-order chi connectivity index (χ1) is 14.9. The van der Waals surface area contributed by atoms with Gasteiger partial charge in [-0.15, -0.1) is 0 Å². The number of hydrogen-bond donors (Lipinski definition) is 2. The molecule has 6 nitrogen and oxygen atoms in total. The molecular weight excluding hydrogens is 528 g/mol. The first-order valence-electron chi connectivity index (χ1n) is 9.03. The summed E-state index contributed by atoms with van der Waals surface area (Å²) in [4.78, 5) is 36.5. The lowest BCUT2D eigenvalue weighted by molar-refractivity contribution is -0.117. The van der Waals surface area contributed by atoms with Crippen LogP contribution in [0.2, 0.25) is 0 Å². The van der Waals surface area contributed by atoms with Crippen molar-refractivity contribution in [2.75, 3.05) is 0 Å². The van der Waals surface area contributed by atoms with Gasteiger partial charge in [0, 0.05) is 26.1 Å². The highest BCUT2D eigenvalue weighted by Crippen LogP contribution is 2.21. The topological polar surface area (TPSA) is 84.5 Å². The number of hydrazine groups is 1. The number of benzene rings is 3. The minimum atomic E-state index is -0.542. The number of hydrogen-bond acceptors (Lipinski definition) is 4. The zero-order valence-corrected chi connectivity index (χ0v) is 19.1. The van der Waals surface area contributed by atoms with E-state index in [0.717, 1.165) is 8.95 Å². The maximum Gasteiger partial charge on any atom is 0.343 e. The maximum atomic E-state index is 12.4. The van der Waals surface area contributed by atoms with Crippen LogP contribution >= 0.6 is 31.9 Å². The van der Waals surface area contributed by atoms with Gasteiger partial charge in [-0.3, -0.25) is 20.4 Å². The van der Waals surface area contributed by atoms with Crippen LogP contribution in [0.3, 0.4) is 0 Å². The van der Waals surface area contributed by atoms with Crippen molar-refractivity contribution in [3.8, 4) is 5.75 Å². The molecule has 156 valence electrons. The number of carbonyl (C=O) groups is 3. The molecule has 0 atom stereocenters. The average Bonchev–Trinajstić information content (AvgIpc) is 2.77. The van der Waals surface area contributed by atoms with Crippen LogP contribution in [-0.4, -0.2) is 17.8 Å². The first kappa shape index (κ1) is 22.5. The molecule has 2 N–H and O–H groups in total. The van der Waals surface area contributed by atoms with E-state index in [1.54, 1.807) is 72.8 Å². The van der Waals surface area contributed by atoms with Gasteiger partial charge in [0.05, 0.1) is 5.56 Å². The predicted octanol–water partition coefficient (Wildman–Crippen LogP) is 4.91. The lowest BCUT2D eigenvalue weighted by Gasteiger charge is -2.08. The Labute approximate surface area is 195 Å². The Hall–Kier alpha value is -3.23. The van der Waals surface area contributed by atoms with Gasteiger partial charge in [0.1, 0.15) is 5.75 Å². The molecular formula is C23H16Br2N2O4. The van der Waals surface area contributed by atoms with Gasteiger partial charge in [-0.1, -0.05) is 50.1 Å². The van der Waals surface area contributed by atoms with E-state index in [9.17, 15) is 14.4 Å². The van der Waals surface area contributed by atoms with Gasteiger partial charge in [0.25, 0.3) is 11.8 Å². The Bertz CT molecular complexity index is 1130. The maximum absolute atomic E-state index is 12.4. The van der Waals surface area contributed by atoms with E-state index in [1.165, 1.54) is 12.2 Å². The van der Waals surface area contributed by atoms with E-state index in [2.05, 4.69) is 42.7 Å². The van der Waals surface area contributed by atoms with Crippen molar-refractivity contribution >= 4 is 55.7 Å². The van der Waals surface area contributed by atoms with Gasteiger partial charge in [-0.25, -0.2) is 4.79 Å². The second-order valence-corrected chi connectivity index (χ2v) is 8.05. The van der Waals surface area contributed by atoms with Crippen molar-refractivity contribution in [2.24, 2.45) is 0 Å². The van der Waals surface area contributed by atoms with Crippen molar-refractivity contribution in [3.63, 3.8) is 0 Å². The van der Waals surface area contributed by atoms with Crippen LogP contribution in [0.4, 0.5) is 0 Å². The van der Waals surface area contributed by atoms with Gasteiger partial charge in [-0.2, -0.15) is 0 Å². The number of esters is 1. The summed E-state index contributed by atoms with van der Waals surface area (Å²) in [6.07, 6.45) is 2.72. The summed E-state index contributed by atoms with van der Waals surface area (Å²) >= 11 is 6.61. The third-order valence-corrected chi connectivity index (χ3v) is 5.08. The number of para-hydroxylation sites is 1. The van der Waals surface area contributed by atoms with E-state index in [1.807, 2.05) is 0 Å². The van der Waals surface area contributed by atoms with E-state index in [4.69, 9.17) is 4.74 Å². The van der Waals surface area contributed by atoms with Crippen LogP contribution in [0.1, 0.15) is 26.3 Å². The smallest absolute Gasteiger partial charge is 0.343 e. The highest BCUT2D eigenvalue weighted by Gasteiger charge is 2.11. The zero-order valence-electron chi connectivity index (χ0n) is 16.0. The van der Waals surface area contributed by atoms with Crippen molar-refractivity contribution < 1.29 is 19.1 Å². The molecule has 2 amide bonds. The SMILES string of the molecule is O=C(/C=C/c1ccccc1OC(=O)c1ccc(Br)cc1)NNC(=O)c1ccc(Br)cc1. The molecule has 0 aliphatic rings. The molecule has 0 aliphatic heterocycles. The van der Waals surface area contributed by atoms with Crippen LogP contribution in [-0.2, 0) is 4.79 Å². The van der Waals surface area contributed by atoms with E-state index in [-0.39, 0.29) is 0 Å². The average molecular weight is 544 g/mol.